The van der Waals surface area contributed by atoms with Crippen LogP contribution in [0.5, 0.6) is 5.75 Å². The standard InChI is InChI=1S/C22H28ClNO4/c1-22(2,3)28-18-12-9-16(10-13-18)11-14-19(25)20(23)24-21(26)27-15-17-7-5-4-6-8-17/h4-10,12-13,19-20,25H,11,14-15H2,1-3H3,(H,24,26)/t19-,20+/m0/s1. The highest BCUT2D eigenvalue weighted by Crippen LogP contribution is 2.19. The third-order valence-corrected chi connectivity index (χ3v) is 4.28. The zero-order chi connectivity index (χ0) is 20.6. The molecule has 1 amide bonds. The van der Waals surface area contributed by atoms with Crippen LogP contribution in [0.15, 0.2) is 54.6 Å². The van der Waals surface area contributed by atoms with E-state index in [1.54, 1.807) is 0 Å². The average molecular weight is 406 g/mol. The van der Waals surface area contributed by atoms with Gasteiger partial charge in [-0.15, -0.1) is 0 Å². The van der Waals surface area contributed by atoms with E-state index in [4.69, 9.17) is 21.1 Å². The zero-order valence-corrected chi connectivity index (χ0v) is 17.3. The first-order valence-corrected chi connectivity index (χ1v) is 9.74. The lowest BCUT2D eigenvalue weighted by Gasteiger charge is -2.21. The van der Waals surface area contributed by atoms with Crippen molar-refractivity contribution in [2.45, 2.75) is 57.4 Å². The number of amides is 1. The van der Waals surface area contributed by atoms with E-state index in [1.807, 2.05) is 75.4 Å². The third-order valence-electron chi connectivity index (χ3n) is 3.88. The number of hydrogen-bond donors (Lipinski definition) is 2. The van der Waals surface area contributed by atoms with E-state index in [0.717, 1.165) is 16.9 Å². The maximum Gasteiger partial charge on any atom is 0.408 e. The van der Waals surface area contributed by atoms with Crippen molar-refractivity contribution in [2.75, 3.05) is 0 Å². The summed E-state index contributed by atoms with van der Waals surface area (Å²) < 4.78 is 10.9. The Kier molecular flexibility index (Phi) is 8.15. The van der Waals surface area contributed by atoms with Crippen molar-refractivity contribution in [3.05, 3.63) is 65.7 Å². The molecule has 2 rings (SSSR count). The lowest BCUT2D eigenvalue weighted by molar-refractivity contribution is 0.115. The lowest BCUT2D eigenvalue weighted by Crippen LogP contribution is -2.39. The van der Waals surface area contributed by atoms with Crippen LogP contribution >= 0.6 is 11.6 Å². The molecule has 152 valence electrons. The van der Waals surface area contributed by atoms with Gasteiger partial charge in [0.05, 0.1) is 6.10 Å². The lowest BCUT2D eigenvalue weighted by atomic mass is 10.1. The number of alkyl halides is 1. The smallest absolute Gasteiger partial charge is 0.408 e. The second-order valence-electron chi connectivity index (χ2n) is 7.57. The highest BCUT2D eigenvalue weighted by Gasteiger charge is 2.19. The summed E-state index contributed by atoms with van der Waals surface area (Å²) in [5.74, 6) is 0.801. The number of ether oxygens (including phenoxy) is 2. The van der Waals surface area contributed by atoms with Gasteiger partial charge in [0.25, 0.3) is 0 Å². The molecule has 0 aliphatic carbocycles. The van der Waals surface area contributed by atoms with Gasteiger partial charge in [0, 0.05) is 0 Å². The number of alkyl carbamates (subject to hydrolysis) is 1. The van der Waals surface area contributed by atoms with Crippen molar-refractivity contribution >= 4 is 17.7 Å². The van der Waals surface area contributed by atoms with Crippen LogP contribution < -0.4 is 10.1 Å². The van der Waals surface area contributed by atoms with Gasteiger partial charge >= 0.3 is 6.09 Å². The molecule has 0 spiro atoms. The number of benzene rings is 2. The van der Waals surface area contributed by atoms with Crippen molar-refractivity contribution in [3.63, 3.8) is 0 Å². The molecule has 0 aliphatic heterocycles. The fourth-order valence-corrected chi connectivity index (χ4v) is 2.73. The average Bonchev–Trinajstić information content (AvgIpc) is 2.65. The summed E-state index contributed by atoms with van der Waals surface area (Å²) in [6.45, 7) is 6.14. The number of hydrogen-bond acceptors (Lipinski definition) is 4. The Morgan fingerprint density at radius 3 is 2.32 bits per heavy atom. The number of aryl methyl sites for hydroxylation is 1. The van der Waals surface area contributed by atoms with Crippen LogP contribution in [-0.4, -0.2) is 28.4 Å². The number of halogens is 1. The predicted molar refractivity (Wildman–Crippen MR) is 111 cm³/mol. The van der Waals surface area contributed by atoms with E-state index >= 15 is 0 Å². The highest BCUT2D eigenvalue weighted by atomic mass is 35.5. The van der Waals surface area contributed by atoms with Crippen LogP contribution in [0.3, 0.4) is 0 Å². The van der Waals surface area contributed by atoms with Crippen molar-refractivity contribution in [1.29, 1.82) is 0 Å². The number of carbonyl (C=O) groups excluding carboxylic acids is 1. The first kappa shape index (κ1) is 22.1. The van der Waals surface area contributed by atoms with Gasteiger partial charge in [0.15, 0.2) is 0 Å². The predicted octanol–water partition coefficient (Wildman–Crippen LogP) is 4.65. The molecular formula is C22H28ClNO4. The minimum absolute atomic E-state index is 0.148. The number of aliphatic hydroxyl groups excluding tert-OH is 1. The molecule has 2 aromatic carbocycles. The molecule has 0 unspecified atom stereocenters. The fourth-order valence-electron chi connectivity index (χ4n) is 2.51. The van der Waals surface area contributed by atoms with Gasteiger partial charge in [0.2, 0.25) is 0 Å². The van der Waals surface area contributed by atoms with Crippen molar-refractivity contribution in [3.8, 4) is 5.75 Å². The highest BCUT2D eigenvalue weighted by molar-refractivity contribution is 6.21. The molecule has 2 aromatic rings. The van der Waals surface area contributed by atoms with Crippen molar-refractivity contribution < 1.29 is 19.4 Å². The molecule has 0 saturated carbocycles. The summed E-state index contributed by atoms with van der Waals surface area (Å²) in [5.41, 5.74) is 0.760. The van der Waals surface area contributed by atoms with E-state index in [-0.39, 0.29) is 12.2 Å². The Labute approximate surface area is 171 Å². The molecule has 0 aliphatic rings. The Morgan fingerprint density at radius 1 is 1.07 bits per heavy atom. The van der Waals surface area contributed by atoms with Crippen LogP contribution in [0.25, 0.3) is 0 Å². The largest absolute Gasteiger partial charge is 0.488 e. The zero-order valence-electron chi connectivity index (χ0n) is 16.5. The van der Waals surface area contributed by atoms with Crippen LogP contribution in [0.4, 0.5) is 4.79 Å². The Hall–Kier alpha value is -2.24. The van der Waals surface area contributed by atoms with Crippen LogP contribution in [0.1, 0.15) is 38.3 Å². The maximum absolute atomic E-state index is 11.8. The second-order valence-corrected chi connectivity index (χ2v) is 8.04. The van der Waals surface area contributed by atoms with Gasteiger partial charge < -0.3 is 19.9 Å². The minimum atomic E-state index is -0.924. The summed E-state index contributed by atoms with van der Waals surface area (Å²) in [6.07, 6.45) is -0.517. The first-order valence-electron chi connectivity index (χ1n) is 9.30. The molecule has 0 aromatic heterocycles. The second kappa shape index (κ2) is 10.3. The van der Waals surface area contributed by atoms with Crippen LogP contribution in [-0.2, 0) is 17.8 Å². The summed E-state index contributed by atoms with van der Waals surface area (Å²) in [6, 6.07) is 17.1. The molecule has 0 fully saturated rings. The van der Waals surface area contributed by atoms with E-state index < -0.39 is 17.7 Å². The summed E-state index contributed by atoms with van der Waals surface area (Å²) in [7, 11) is 0. The van der Waals surface area contributed by atoms with E-state index in [9.17, 15) is 9.90 Å². The Morgan fingerprint density at radius 2 is 1.71 bits per heavy atom. The molecule has 0 heterocycles. The van der Waals surface area contributed by atoms with Crippen molar-refractivity contribution in [1.82, 2.24) is 5.32 Å². The van der Waals surface area contributed by atoms with Gasteiger partial charge in [-0.25, -0.2) is 4.79 Å². The molecule has 6 heteroatoms. The molecule has 0 bridgehead atoms. The van der Waals surface area contributed by atoms with E-state index in [1.165, 1.54) is 0 Å². The fraction of sp³-hybridized carbons (Fsp3) is 0.409. The van der Waals surface area contributed by atoms with Gasteiger partial charge in [-0.3, -0.25) is 0 Å². The quantitative estimate of drug-likeness (QED) is 0.495. The molecular weight excluding hydrogens is 378 g/mol. The Balaban J connectivity index is 1.72. The molecule has 0 saturated heterocycles. The van der Waals surface area contributed by atoms with E-state index in [2.05, 4.69) is 5.32 Å². The monoisotopic (exact) mass is 405 g/mol. The molecule has 2 N–H and O–H groups in total. The SMILES string of the molecule is CC(C)(C)Oc1ccc(CC[C@H](O)[C@H](Cl)NC(=O)OCc2ccccc2)cc1. The number of rotatable bonds is 8. The first-order chi connectivity index (χ1) is 13.2. The molecule has 28 heavy (non-hydrogen) atoms. The summed E-state index contributed by atoms with van der Waals surface area (Å²) in [4.78, 5) is 11.8. The van der Waals surface area contributed by atoms with Gasteiger partial charge in [-0.05, 0) is 56.9 Å². The van der Waals surface area contributed by atoms with E-state index in [0.29, 0.717) is 12.8 Å². The molecule has 2 atom stereocenters. The summed E-state index contributed by atoms with van der Waals surface area (Å²) >= 11 is 6.09. The third kappa shape index (κ3) is 8.19. The normalized spacial score (nSPS) is 13.5. The van der Waals surface area contributed by atoms with Gasteiger partial charge in [-0.2, -0.15) is 0 Å². The van der Waals surface area contributed by atoms with Crippen LogP contribution in [0, 0.1) is 0 Å². The number of aliphatic hydroxyl groups is 1. The molecule has 0 radical (unpaired) electrons. The van der Waals surface area contributed by atoms with Crippen LogP contribution in [0.2, 0.25) is 0 Å². The maximum atomic E-state index is 11.8. The topological polar surface area (TPSA) is 67.8 Å². The number of carbonyl (C=O) groups is 1. The summed E-state index contributed by atoms with van der Waals surface area (Å²) in [5, 5.41) is 12.6. The minimum Gasteiger partial charge on any atom is -0.488 e. The Bertz CT molecular complexity index is 728. The van der Waals surface area contributed by atoms with Crippen molar-refractivity contribution in [2.24, 2.45) is 0 Å². The van der Waals surface area contributed by atoms with Gasteiger partial charge in [-0.1, -0.05) is 54.1 Å². The number of nitrogens with one attached hydrogen (secondary N) is 1. The molecule has 5 nitrogen and oxygen atoms in total. The van der Waals surface area contributed by atoms with Gasteiger partial charge in [0.1, 0.15) is 23.5 Å².